The van der Waals surface area contributed by atoms with E-state index in [1.54, 1.807) is 0 Å². The van der Waals surface area contributed by atoms with Crippen molar-refractivity contribution in [2.45, 2.75) is 6.92 Å². The lowest BCUT2D eigenvalue weighted by Gasteiger charge is -2.04. The highest BCUT2D eigenvalue weighted by atomic mass is 16.5. The number of rotatable bonds is 2. The molecule has 0 unspecified atom stereocenters. The van der Waals surface area contributed by atoms with Gasteiger partial charge in [-0.15, -0.1) is 0 Å². The summed E-state index contributed by atoms with van der Waals surface area (Å²) in [6.45, 7) is 2.39. The van der Waals surface area contributed by atoms with Gasteiger partial charge in [-0.2, -0.15) is 4.99 Å². The summed E-state index contributed by atoms with van der Waals surface area (Å²) < 4.78 is 5.04. The molecule has 0 saturated carbocycles. The Bertz CT molecular complexity index is 347. The summed E-state index contributed by atoms with van der Waals surface area (Å²) in [4.78, 5) is 15.0. The zero-order chi connectivity index (χ0) is 11.1. The summed E-state index contributed by atoms with van der Waals surface area (Å²) in [6.07, 6.45) is 0. The van der Waals surface area contributed by atoms with Crippen LogP contribution in [0.1, 0.15) is 12.5 Å². The van der Waals surface area contributed by atoms with E-state index >= 15 is 0 Å². The number of amides is 2. The molecule has 1 aromatic carbocycles. The summed E-state index contributed by atoms with van der Waals surface area (Å²) in [5.74, 6) is 0.321. The normalized spacial score (nSPS) is 10.9. The Morgan fingerprint density at radius 3 is 2.60 bits per heavy atom. The lowest BCUT2D eigenvalue weighted by Crippen LogP contribution is -2.21. The summed E-state index contributed by atoms with van der Waals surface area (Å²) in [6, 6.07) is 8.90. The zero-order valence-corrected chi connectivity index (χ0v) is 8.86. The molecule has 0 saturated heterocycles. The van der Waals surface area contributed by atoms with Crippen molar-refractivity contribution in [3.8, 4) is 0 Å². The van der Waals surface area contributed by atoms with Crippen LogP contribution in [0.5, 0.6) is 0 Å². The molecule has 1 rings (SSSR count). The Kier molecular flexibility index (Phi) is 4.34. The van der Waals surface area contributed by atoms with Gasteiger partial charge in [0.2, 0.25) is 5.90 Å². The summed E-state index contributed by atoms with van der Waals surface area (Å²) in [7, 11) is 1.49. The molecule has 0 radical (unpaired) electrons. The quantitative estimate of drug-likeness (QED) is 0.592. The Labute approximate surface area is 89.0 Å². The maximum Gasteiger partial charge on any atom is 0.344 e. The monoisotopic (exact) mass is 206 g/mol. The highest BCUT2D eigenvalue weighted by Gasteiger charge is 2.04. The lowest BCUT2D eigenvalue weighted by atomic mass is 10.2. The second kappa shape index (κ2) is 5.80. The molecule has 0 fully saturated rings. The fraction of sp³-hybridized carbons (Fsp3) is 0.273. The number of carbonyl (C=O) groups is 1. The van der Waals surface area contributed by atoms with Crippen LogP contribution in [0.25, 0.3) is 0 Å². The Balaban J connectivity index is 2.84. The molecular weight excluding hydrogens is 192 g/mol. The van der Waals surface area contributed by atoms with Crippen LogP contribution >= 0.6 is 0 Å². The van der Waals surface area contributed by atoms with E-state index in [0.29, 0.717) is 12.4 Å². The Morgan fingerprint density at radius 2 is 2.07 bits per heavy atom. The molecule has 0 aliphatic carbocycles. The van der Waals surface area contributed by atoms with Gasteiger partial charge in [-0.05, 0) is 19.1 Å². The number of hydrogen-bond donors (Lipinski definition) is 1. The van der Waals surface area contributed by atoms with E-state index in [-0.39, 0.29) is 0 Å². The number of benzene rings is 1. The molecule has 2 amide bonds. The largest absolute Gasteiger partial charge is 0.480 e. The number of urea groups is 1. The van der Waals surface area contributed by atoms with Crippen LogP contribution in [0.15, 0.2) is 35.3 Å². The first-order chi connectivity index (χ1) is 7.27. The molecule has 4 heteroatoms. The second-order valence-corrected chi connectivity index (χ2v) is 2.82. The number of carbonyl (C=O) groups excluding carboxylic acids is 1. The van der Waals surface area contributed by atoms with Gasteiger partial charge in [0, 0.05) is 12.1 Å². The molecule has 0 bridgehead atoms. The van der Waals surface area contributed by atoms with Crippen molar-refractivity contribution in [3.63, 3.8) is 0 Å². The van der Waals surface area contributed by atoms with E-state index in [4.69, 9.17) is 4.74 Å². The van der Waals surface area contributed by atoms with E-state index in [9.17, 15) is 4.79 Å². The van der Waals surface area contributed by atoms with Crippen LogP contribution < -0.4 is 5.32 Å². The number of methoxy groups -OCH3 is 1. The van der Waals surface area contributed by atoms with Crippen LogP contribution in [-0.4, -0.2) is 25.6 Å². The van der Waals surface area contributed by atoms with Gasteiger partial charge in [0.05, 0.1) is 7.11 Å². The van der Waals surface area contributed by atoms with Crippen LogP contribution in [-0.2, 0) is 4.74 Å². The summed E-state index contributed by atoms with van der Waals surface area (Å²) >= 11 is 0. The van der Waals surface area contributed by atoms with Crippen molar-refractivity contribution in [2.75, 3.05) is 13.7 Å². The van der Waals surface area contributed by atoms with Gasteiger partial charge >= 0.3 is 6.03 Å². The molecular formula is C11H14N2O2. The third-order valence-corrected chi connectivity index (χ3v) is 1.75. The molecule has 0 spiro atoms. The van der Waals surface area contributed by atoms with Gasteiger partial charge < -0.3 is 10.1 Å². The van der Waals surface area contributed by atoms with E-state index in [2.05, 4.69) is 10.3 Å². The topological polar surface area (TPSA) is 50.7 Å². The van der Waals surface area contributed by atoms with Gasteiger partial charge in [-0.25, -0.2) is 4.79 Å². The molecule has 0 aliphatic rings. The molecule has 15 heavy (non-hydrogen) atoms. The first-order valence-electron chi connectivity index (χ1n) is 4.74. The van der Waals surface area contributed by atoms with Crippen molar-refractivity contribution < 1.29 is 9.53 Å². The van der Waals surface area contributed by atoms with Crippen LogP contribution in [0.2, 0.25) is 0 Å². The summed E-state index contributed by atoms with van der Waals surface area (Å²) in [5.41, 5.74) is 0.784. The van der Waals surface area contributed by atoms with E-state index in [0.717, 1.165) is 5.56 Å². The van der Waals surface area contributed by atoms with Gasteiger partial charge in [0.25, 0.3) is 0 Å². The highest BCUT2D eigenvalue weighted by molar-refractivity contribution is 6.00. The van der Waals surface area contributed by atoms with Gasteiger partial charge in [-0.3, -0.25) is 0 Å². The minimum Gasteiger partial charge on any atom is -0.480 e. The lowest BCUT2D eigenvalue weighted by molar-refractivity contribution is 0.249. The van der Waals surface area contributed by atoms with Crippen LogP contribution in [0.3, 0.4) is 0 Å². The third-order valence-electron chi connectivity index (χ3n) is 1.75. The fourth-order valence-corrected chi connectivity index (χ4v) is 1.09. The SMILES string of the molecule is CCNC(=O)/N=C(\OC)c1ccccc1. The van der Waals surface area contributed by atoms with Gasteiger partial charge in [0.15, 0.2) is 0 Å². The molecule has 0 heterocycles. The highest BCUT2D eigenvalue weighted by Crippen LogP contribution is 2.01. The van der Waals surface area contributed by atoms with Crippen molar-refractivity contribution >= 4 is 11.9 Å². The van der Waals surface area contributed by atoms with Crippen molar-refractivity contribution in [3.05, 3.63) is 35.9 Å². The number of nitrogens with one attached hydrogen (secondary N) is 1. The average Bonchev–Trinajstić information content (AvgIpc) is 2.27. The van der Waals surface area contributed by atoms with E-state index < -0.39 is 6.03 Å². The third kappa shape index (κ3) is 3.42. The van der Waals surface area contributed by atoms with E-state index in [1.165, 1.54) is 7.11 Å². The predicted molar refractivity (Wildman–Crippen MR) is 59.1 cm³/mol. The fourth-order valence-electron chi connectivity index (χ4n) is 1.09. The van der Waals surface area contributed by atoms with Crippen molar-refractivity contribution in [1.82, 2.24) is 5.32 Å². The first-order valence-corrected chi connectivity index (χ1v) is 4.74. The Hall–Kier alpha value is -1.84. The molecule has 0 aromatic heterocycles. The number of aliphatic imine (C=N–C) groups is 1. The molecule has 1 aromatic rings. The molecule has 0 atom stereocenters. The predicted octanol–water partition coefficient (Wildman–Crippen LogP) is 1.81. The summed E-state index contributed by atoms with van der Waals surface area (Å²) in [5, 5.41) is 2.57. The molecule has 80 valence electrons. The van der Waals surface area contributed by atoms with Crippen LogP contribution in [0, 0.1) is 0 Å². The Morgan fingerprint density at radius 1 is 1.40 bits per heavy atom. The number of hydrogen-bond acceptors (Lipinski definition) is 2. The first kappa shape index (κ1) is 11.2. The minimum absolute atomic E-state index is 0.321. The number of ether oxygens (including phenoxy) is 1. The molecule has 1 N–H and O–H groups in total. The maximum absolute atomic E-state index is 11.2. The average molecular weight is 206 g/mol. The van der Waals surface area contributed by atoms with Crippen molar-refractivity contribution in [2.24, 2.45) is 4.99 Å². The standard InChI is InChI=1S/C11H14N2O2/c1-3-12-11(14)13-10(15-2)9-7-5-4-6-8-9/h4-8H,3H2,1-2H3,(H,12,14)/b13-10-. The second-order valence-electron chi connectivity index (χ2n) is 2.82. The van der Waals surface area contributed by atoms with Crippen LogP contribution in [0.4, 0.5) is 4.79 Å². The van der Waals surface area contributed by atoms with E-state index in [1.807, 2.05) is 37.3 Å². The maximum atomic E-state index is 11.2. The molecule has 4 nitrogen and oxygen atoms in total. The molecule has 0 aliphatic heterocycles. The smallest absolute Gasteiger partial charge is 0.344 e. The van der Waals surface area contributed by atoms with Gasteiger partial charge in [-0.1, -0.05) is 18.2 Å². The van der Waals surface area contributed by atoms with Gasteiger partial charge in [0.1, 0.15) is 0 Å². The minimum atomic E-state index is -0.391. The zero-order valence-electron chi connectivity index (χ0n) is 8.86. The number of nitrogens with zero attached hydrogens (tertiary/aromatic N) is 1. The van der Waals surface area contributed by atoms with Crippen molar-refractivity contribution in [1.29, 1.82) is 0 Å².